The number of ether oxygens (including phenoxy) is 2. The van der Waals surface area contributed by atoms with Gasteiger partial charge in [-0.25, -0.2) is 0 Å². The van der Waals surface area contributed by atoms with Crippen molar-refractivity contribution >= 4 is 29.4 Å². The van der Waals surface area contributed by atoms with Gasteiger partial charge in [-0.15, -0.1) is 0 Å². The molecule has 1 amide bonds. The quantitative estimate of drug-likeness (QED) is 0.259. The van der Waals surface area contributed by atoms with E-state index in [1.165, 1.54) is 0 Å². The van der Waals surface area contributed by atoms with Gasteiger partial charge in [0.15, 0.2) is 12.4 Å². The fourth-order valence-corrected chi connectivity index (χ4v) is 9.77. The van der Waals surface area contributed by atoms with Gasteiger partial charge in [0.2, 0.25) is 11.7 Å². The second kappa shape index (κ2) is 12.6. The number of aliphatic hydroxyl groups excluding tert-OH is 1. The van der Waals surface area contributed by atoms with E-state index in [1.54, 1.807) is 12.2 Å². The lowest BCUT2D eigenvalue weighted by Gasteiger charge is -2.59. The Kier molecular flexibility index (Phi) is 9.45. The van der Waals surface area contributed by atoms with Gasteiger partial charge in [-0.3, -0.25) is 24.0 Å². The molecule has 0 aromatic rings. The van der Waals surface area contributed by atoms with Gasteiger partial charge in [-0.1, -0.05) is 25.5 Å². The molecule has 1 saturated heterocycles. The van der Waals surface area contributed by atoms with Crippen LogP contribution in [0.5, 0.6) is 0 Å². The highest BCUT2D eigenvalue weighted by Gasteiger charge is 2.68. The number of hydrogen-bond donors (Lipinski definition) is 4. The van der Waals surface area contributed by atoms with Crippen LogP contribution >= 0.6 is 0 Å². The summed E-state index contributed by atoms with van der Waals surface area (Å²) >= 11 is 0. The molecule has 11 nitrogen and oxygen atoms in total. The maximum atomic E-state index is 13.5. The minimum atomic E-state index is -1.78. The van der Waals surface area contributed by atoms with Crippen molar-refractivity contribution in [1.82, 2.24) is 5.32 Å². The molecule has 4 aliphatic carbocycles. The van der Waals surface area contributed by atoms with Crippen LogP contribution in [0.25, 0.3) is 0 Å². The van der Waals surface area contributed by atoms with E-state index in [1.807, 2.05) is 26.8 Å². The molecular formula is C35H49NO10. The number of fused-ring (bicyclic) bond motifs is 5. The zero-order chi connectivity index (χ0) is 33.7. The van der Waals surface area contributed by atoms with E-state index in [0.29, 0.717) is 32.3 Å². The second-order valence-electron chi connectivity index (χ2n) is 15.3. The molecule has 9 atom stereocenters. The first kappa shape index (κ1) is 34.4. The van der Waals surface area contributed by atoms with Crippen LogP contribution in [0.1, 0.15) is 91.9 Å². The molecule has 254 valence electrons. The average Bonchev–Trinajstić information content (AvgIpc) is 3.24. The summed E-state index contributed by atoms with van der Waals surface area (Å²) in [4.78, 5) is 62.4. The Morgan fingerprint density at radius 3 is 2.52 bits per heavy atom. The Bertz CT molecular complexity index is 1340. The summed E-state index contributed by atoms with van der Waals surface area (Å²) in [5.41, 5.74) is -2.56. The summed E-state index contributed by atoms with van der Waals surface area (Å²) in [5, 5.41) is 35.6. The zero-order valence-corrected chi connectivity index (χ0v) is 27.4. The van der Waals surface area contributed by atoms with Gasteiger partial charge in [-0.2, -0.15) is 0 Å². The van der Waals surface area contributed by atoms with E-state index in [4.69, 9.17) is 9.47 Å². The first-order valence-corrected chi connectivity index (χ1v) is 16.7. The number of carbonyl (C=O) groups is 5. The summed E-state index contributed by atoms with van der Waals surface area (Å²) in [6.07, 6.45) is 7.28. The lowest BCUT2D eigenvalue weighted by Crippen LogP contribution is -2.61. The van der Waals surface area contributed by atoms with Crippen LogP contribution < -0.4 is 5.32 Å². The SMILES string of the molecule is CC1(C)C[C@H]([C@H](CC(=O)O)NC(=O)CCC(=O)OCC(=O)[C@@]2(O)CC[C@H]3[C@@H]4CCC5=CC(=O)C=C[C@]5(C)[C@@H]4[C@@H](O)C[C@@]32C)CCO1. The number of carbonyl (C=O) groups excluding carboxylic acids is 4. The highest BCUT2D eigenvalue weighted by Crippen LogP contribution is 2.67. The van der Waals surface area contributed by atoms with Gasteiger partial charge in [0.05, 0.1) is 24.5 Å². The Morgan fingerprint density at radius 1 is 1.09 bits per heavy atom. The van der Waals surface area contributed by atoms with Crippen LogP contribution in [-0.4, -0.2) is 81.3 Å². The largest absolute Gasteiger partial charge is 0.481 e. The van der Waals surface area contributed by atoms with Crippen molar-refractivity contribution in [2.75, 3.05) is 13.2 Å². The molecule has 0 bridgehead atoms. The highest BCUT2D eigenvalue weighted by molar-refractivity contribution is 6.01. The van der Waals surface area contributed by atoms with Crippen molar-refractivity contribution in [2.45, 2.75) is 115 Å². The first-order valence-electron chi connectivity index (χ1n) is 16.7. The number of Topliss-reactive ketones (excluding diaryl/α,β-unsaturated/α-hetero) is 1. The minimum Gasteiger partial charge on any atom is -0.481 e. The van der Waals surface area contributed by atoms with Gasteiger partial charge in [0, 0.05) is 35.8 Å². The number of rotatable bonds is 10. The summed E-state index contributed by atoms with van der Waals surface area (Å²) in [7, 11) is 0. The van der Waals surface area contributed by atoms with Crippen LogP contribution in [0.2, 0.25) is 0 Å². The third-order valence-electron chi connectivity index (χ3n) is 12.1. The average molecular weight is 644 g/mol. The number of aliphatic carboxylic acids is 1. The van der Waals surface area contributed by atoms with Gasteiger partial charge in [0.1, 0.15) is 5.60 Å². The summed E-state index contributed by atoms with van der Waals surface area (Å²) in [6.45, 7) is 7.59. The molecule has 0 aromatic heterocycles. The predicted octanol–water partition coefficient (Wildman–Crippen LogP) is 3.05. The maximum absolute atomic E-state index is 13.5. The molecule has 11 heteroatoms. The van der Waals surface area contributed by atoms with E-state index < -0.39 is 64.4 Å². The summed E-state index contributed by atoms with van der Waals surface area (Å²) in [6, 6.07) is -0.604. The van der Waals surface area contributed by atoms with Crippen molar-refractivity contribution < 1.29 is 48.8 Å². The molecule has 3 saturated carbocycles. The Hall–Kier alpha value is -2.89. The molecule has 46 heavy (non-hydrogen) atoms. The van der Waals surface area contributed by atoms with E-state index in [9.17, 15) is 39.3 Å². The standard InChI is InChI=1S/C35H49NO10/c1-32(2)17-20(11-14-46-32)25(16-29(41)42)36-28(40)7-8-30(43)45-19-27(39)35(44)13-10-24-23-6-5-21-15-22(37)9-12-33(21,3)31(23)26(38)18-34(24,35)4/h9,12,15,20,23-26,31,38,44H,5-8,10-11,13-14,16-19H2,1-4H3,(H,36,40)(H,41,42)/t20-,23+,24+,25+,26+,31+,33+,34+,35+/m1/s1. The monoisotopic (exact) mass is 643 g/mol. The number of carboxylic acids is 1. The fraction of sp³-hybridized carbons (Fsp3) is 0.743. The Balaban J connectivity index is 1.16. The molecule has 1 aliphatic heterocycles. The third kappa shape index (κ3) is 6.34. The number of carboxylic acid groups (broad SMARTS) is 1. The van der Waals surface area contributed by atoms with Crippen LogP contribution in [0.15, 0.2) is 23.8 Å². The molecule has 5 aliphatic rings. The number of aliphatic hydroxyl groups is 2. The van der Waals surface area contributed by atoms with Crippen LogP contribution in [0.3, 0.4) is 0 Å². The molecule has 0 spiro atoms. The number of nitrogens with one attached hydrogen (secondary N) is 1. The Morgan fingerprint density at radius 2 is 1.83 bits per heavy atom. The smallest absolute Gasteiger partial charge is 0.306 e. The topological polar surface area (TPSA) is 177 Å². The summed E-state index contributed by atoms with van der Waals surface area (Å²) < 4.78 is 11.0. The van der Waals surface area contributed by atoms with Crippen LogP contribution in [0, 0.1) is 34.5 Å². The van der Waals surface area contributed by atoms with Crippen molar-refractivity contribution in [3.05, 3.63) is 23.8 Å². The lowest BCUT2D eigenvalue weighted by atomic mass is 9.46. The zero-order valence-electron chi connectivity index (χ0n) is 27.4. The van der Waals surface area contributed by atoms with Crippen molar-refractivity contribution in [3.8, 4) is 0 Å². The number of esters is 1. The van der Waals surface area contributed by atoms with Gasteiger partial charge in [0.25, 0.3) is 0 Å². The third-order valence-corrected chi connectivity index (χ3v) is 12.1. The van der Waals surface area contributed by atoms with Crippen molar-refractivity contribution in [2.24, 2.45) is 34.5 Å². The lowest BCUT2D eigenvalue weighted by molar-refractivity contribution is -0.181. The molecule has 4 fully saturated rings. The van der Waals surface area contributed by atoms with E-state index in [2.05, 4.69) is 12.2 Å². The number of allylic oxidation sites excluding steroid dienone is 4. The highest BCUT2D eigenvalue weighted by atomic mass is 16.5. The normalized spacial score (nSPS) is 38.4. The summed E-state index contributed by atoms with van der Waals surface area (Å²) in [5.74, 6) is -3.14. The molecule has 0 radical (unpaired) electrons. The molecule has 4 N–H and O–H groups in total. The van der Waals surface area contributed by atoms with Crippen molar-refractivity contribution in [3.63, 3.8) is 0 Å². The van der Waals surface area contributed by atoms with Crippen molar-refractivity contribution in [1.29, 1.82) is 0 Å². The fourth-order valence-electron chi connectivity index (χ4n) is 9.77. The van der Waals surface area contributed by atoms with Gasteiger partial charge < -0.3 is 30.1 Å². The van der Waals surface area contributed by atoms with Gasteiger partial charge in [-0.05, 0) is 88.7 Å². The molecule has 5 rings (SSSR count). The maximum Gasteiger partial charge on any atom is 0.306 e. The van der Waals surface area contributed by atoms with E-state index in [0.717, 1.165) is 12.0 Å². The van der Waals surface area contributed by atoms with Gasteiger partial charge >= 0.3 is 11.9 Å². The molecular weight excluding hydrogens is 594 g/mol. The van der Waals surface area contributed by atoms with Crippen LogP contribution in [0.4, 0.5) is 0 Å². The second-order valence-corrected chi connectivity index (χ2v) is 15.3. The minimum absolute atomic E-state index is 0.0290. The molecule has 0 unspecified atom stereocenters. The number of ketones is 2. The predicted molar refractivity (Wildman–Crippen MR) is 165 cm³/mol. The Labute approximate surface area is 270 Å². The number of hydrogen-bond acceptors (Lipinski definition) is 9. The molecule has 1 heterocycles. The van der Waals surface area contributed by atoms with E-state index in [-0.39, 0.29) is 61.6 Å². The molecule has 0 aromatic carbocycles. The van der Waals surface area contributed by atoms with Crippen LogP contribution in [-0.2, 0) is 33.4 Å². The first-order chi connectivity index (χ1) is 21.5. The van der Waals surface area contributed by atoms with E-state index >= 15 is 0 Å². The number of amides is 1.